The van der Waals surface area contributed by atoms with Crippen molar-refractivity contribution in [3.63, 3.8) is 0 Å². The Kier molecular flexibility index (Phi) is 6.34. The average molecular weight is 388 g/mol. The molecule has 0 saturated carbocycles. The summed E-state index contributed by atoms with van der Waals surface area (Å²) < 4.78 is 5.60. The number of benzene rings is 1. The first-order valence-electron chi connectivity index (χ1n) is 9.07. The Hall–Kier alpha value is -2.54. The van der Waals surface area contributed by atoms with Gasteiger partial charge in [-0.3, -0.25) is 9.59 Å². The predicted octanol–water partition coefficient (Wildman–Crippen LogP) is 2.57. The number of hydrogen-bond acceptors (Lipinski definition) is 5. The average Bonchev–Trinajstić information content (AvgIpc) is 3.17. The van der Waals surface area contributed by atoms with E-state index in [1.807, 2.05) is 22.4 Å². The molecule has 1 aromatic heterocycles. The monoisotopic (exact) mass is 388 g/mol. The molecule has 1 saturated heterocycles. The molecule has 2 heterocycles. The van der Waals surface area contributed by atoms with Crippen LogP contribution in [0.25, 0.3) is 0 Å². The van der Waals surface area contributed by atoms with Crippen LogP contribution in [0.5, 0.6) is 11.5 Å². The smallest absolute Gasteiger partial charge is 0.260 e. The second kappa shape index (κ2) is 8.90. The van der Waals surface area contributed by atoms with Crippen LogP contribution >= 0.6 is 11.3 Å². The van der Waals surface area contributed by atoms with Gasteiger partial charge in [0.25, 0.3) is 5.91 Å². The quantitative estimate of drug-likeness (QED) is 0.797. The first-order valence-corrected chi connectivity index (χ1v) is 9.95. The molecule has 2 aromatic rings. The topological polar surface area (TPSA) is 78.9 Å². The van der Waals surface area contributed by atoms with E-state index in [0.717, 1.165) is 17.7 Å². The van der Waals surface area contributed by atoms with Gasteiger partial charge in [0.05, 0.1) is 6.42 Å². The van der Waals surface area contributed by atoms with Crippen LogP contribution in [0.3, 0.4) is 0 Å². The van der Waals surface area contributed by atoms with Gasteiger partial charge in [-0.2, -0.15) is 0 Å². The second-order valence-electron chi connectivity index (χ2n) is 6.67. The molecule has 27 heavy (non-hydrogen) atoms. The van der Waals surface area contributed by atoms with E-state index in [1.165, 1.54) is 12.1 Å². The normalized spacial score (nSPS) is 16.0. The summed E-state index contributed by atoms with van der Waals surface area (Å²) in [7, 11) is 0. The molecule has 1 unspecified atom stereocenters. The molecule has 0 bridgehead atoms. The number of phenolic OH excluding ortho intramolecular Hbond substituents is 1. The van der Waals surface area contributed by atoms with E-state index in [9.17, 15) is 14.7 Å². The van der Waals surface area contributed by atoms with Crippen LogP contribution in [0.1, 0.15) is 24.6 Å². The fourth-order valence-corrected chi connectivity index (χ4v) is 3.74. The van der Waals surface area contributed by atoms with E-state index in [-0.39, 0.29) is 23.6 Å². The summed E-state index contributed by atoms with van der Waals surface area (Å²) in [4.78, 5) is 27.6. The minimum atomic E-state index is -0.631. The Balaban J connectivity index is 1.42. The SMILES string of the molecule is CC(Oc1ccc(O)cc1)C(=O)NC1CCN(C(=O)Cc2cccs2)CC1. The van der Waals surface area contributed by atoms with Gasteiger partial charge in [-0.05, 0) is 55.5 Å². The fraction of sp³-hybridized carbons (Fsp3) is 0.400. The fourth-order valence-electron chi connectivity index (χ4n) is 3.05. The number of rotatable bonds is 6. The molecular formula is C20H24N2O4S. The number of nitrogens with zero attached hydrogens (tertiary/aromatic N) is 1. The number of phenols is 1. The van der Waals surface area contributed by atoms with E-state index >= 15 is 0 Å². The van der Waals surface area contributed by atoms with Gasteiger partial charge in [-0.15, -0.1) is 11.3 Å². The number of piperidine rings is 1. The van der Waals surface area contributed by atoms with E-state index in [4.69, 9.17) is 4.74 Å². The highest BCUT2D eigenvalue weighted by Crippen LogP contribution is 2.18. The van der Waals surface area contributed by atoms with E-state index in [1.54, 1.807) is 30.4 Å². The van der Waals surface area contributed by atoms with Crippen LogP contribution in [0.15, 0.2) is 41.8 Å². The highest BCUT2D eigenvalue weighted by Gasteiger charge is 2.25. The molecule has 0 radical (unpaired) electrons. The third kappa shape index (κ3) is 5.47. The molecule has 1 aromatic carbocycles. The van der Waals surface area contributed by atoms with Crippen molar-refractivity contribution in [1.82, 2.24) is 10.2 Å². The van der Waals surface area contributed by atoms with Gasteiger partial charge in [-0.1, -0.05) is 6.07 Å². The molecule has 6 nitrogen and oxygen atoms in total. The summed E-state index contributed by atoms with van der Waals surface area (Å²) >= 11 is 1.60. The molecule has 1 aliphatic heterocycles. The van der Waals surface area contributed by atoms with Crippen LogP contribution in [0.4, 0.5) is 0 Å². The Morgan fingerprint density at radius 3 is 2.59 bits per heavy atom. The summed E-state index contributed by atoms with van der Waals surface area (Å²) in [6.07, 6.45) is 1.31. The first-order chi connectivity index (χ1) is 13.0. The van der Waals surface area contributed by atoms with E-state index in [2.05, 4.69) is 5.32 Å². The third-order valence-electron chi connectivity index (χ3n) is 4.62. The molecular weight excluding hydrogens is 364 g/mol. The van der Waals surface area contributed by atoms with Crippen LogP contribution in [-0.4, -0.2) is 47.1 Å². The molecule has 2 N–H and O–H groups in total. The van der Waals surface area contributed by atoms with Crippen molar-refractivity contribution in [1.29, 1.82) is 0 Å². The number of nitrogens with one attached hydrogen (secondary N) is 1. The van der Waals surface area contributed by atoms with Crippen molar-refractivity contribution in [2.75, 3.05) is 13.1 Å². The lowest BCUT2D eigenvalue weighted by atomic mass is 10.0. The van der Waals surface area contributed by atoms with E-state index < -0.39 is 6.10 Å². The summed E-state index contributed by atoms with van der Waals surface area (Å²) in [6, 6.07) is 10.3. The van der Waals surface area contributed by atoms with Crippen molar-refractivity contribution < 1.29 is 19.4 Å². The lowest BCUT2D eigenvalue weighted by Gasteiger charge is -2.33. The molecule has 1 fully saturated rings. The van der Waals surface area contributed by atoms with Crippen LogP contribution in [0, 0.1) is 0 Å². The minimum Gasteiger partial charge on any atom is -0.508 e. The highest BCUT2D eigenvalue weighted by molar-refractivity contribution is 7.10. The molecule has 0 aliphatic carbocycles. The number of carbonyl (C=O) groups excluding carboxylic acids is 2. The molecule has 7 heteroatoms. The zero-order valence-electron chi connectivity index (χ0n) is 15.3. The number of hydrogen-bond donors (Lipinski definition) is 2. The van der Waals surface area contributed by atoms with Crippen molar-refractivity contribution in [2.24, 2.45) is 0 Å². The van der Waals surface area contributed by atoms with Crippen molar-refractivity contribution >= 4 is 23.2 Å². The van der Waals surface area contributed by atoms with Gasteiger partial charge in [0.1, 0.15) is 11.5 Å². The zero-order chi connectivity index (χ0) is 19.2. The van der Waals surface area contributed by atoms with Gasteiger partial charge in [0.15, 0.2) is 6.10 Å². The van der Waals surface area contributed by atoms with Gasteiger partial charge >= 0.3 is 0 Å². The van der Waals surface area contributed by atoms with Gasteiger partial charge in [0.2, 0.25) is 5.91 Å². The Morgan fingerprint density at radius 1 is 1.26 bits per heavy atom. The number of thiophene rings is 1. The maximum Gasteiger partial charge on any atom is 0.260 e. The second-order valence-corrected chi connectivity index (χ2v) is 7.71. The summed E-state index contributed by atoms with van der Waals surface area (Å²) in [5.41, 5.74) is 0. The number of aromatic hydroxyl groups is 1. The molecule has 0 spiro atoms. The number of carbonyl (C=O) groups is 2. The van der Waals surface area contributed by atoms with Gasteiger partial charge in [0, 0.05) is 24.0 Å². The third-order valence-corrected chi connectivity index (χ3v) is 5.49. The predicted molar refractivity (Wildman–Crippen MR) is 104 cm³/mol. The minimum absolute atomic E-state index is 0.0501. The summed E-state index contributed by atoms with van der Waals surface area (Å²) in [5.74, 6) is 0.655. The Labute approximate surface area is 162 Å². The maximum absolute atomic E-state index is 12.3. The maximum atomic E-state index is 12.3. The first kappa shape index (κ1) is 19.2. The molecule has 1 aliphatic rings. The van der Waals surface area contributed by atoms with E-state index in [0.29, 0.717) is 25.3 Å². The number of ether oxygens (including phenoxy) is 1. The number of likely N-dealkylation sites (tertiary alicyclic amines) is 1. The highest BCUT2D eigenvalue weighted by atomic mass is 32.1. The largest absolute Gasteiger partial charge is 0.508 e. The summed E-state index contributed by atoms with van der Waals surface area (Å²) in [5, 5.41) is 14.3. The van der Waals surface area contributed by atoms with Gasteiger partial charge in [-0.25, -0.2) is 0 Å². The molecule has 2 amide bonds. The Bertz CT molecular complexity index is 753. The number of amides is 2. The van der Waals surface area contributed by atoms with Crippen LogP contribution < -0.4 is 10.1 Å². The van der Waals surface area contributed by atoms with Crippen LogP contribution in [0.2, 0.25) is 0 Å². The standard InChI is InChI=1S/C20H24N2O4S/c1-14(26-17-6-4-16(23)5-7-17)20(25)21-15-8-10-22(11-9-15)19(24)13-18-3-2-12-27-18/h2-7,12,14-15,23H,8-11,13H2,1H3,(H,21,25). The molecule has 144 valence electrons. The van der Waals surface area contributed by atoms with Crippen molar-refractivity contribution in [3.8, 4) is 11.5 Å². The lowest BCUT2D eigenvalue weighted by molar-refractivity contribution is -0.132. The lowest BCUT2D eigenvalue weighted by Crippen LogP contribution is -2.49. The summed E-state index contributed by atoms with van der Waals surface area (Å²) in [6.45, 7) is 3.01. The van der Waals surface area contributed by atoms with Crippen molar-refractivity contribution in [2.45, 2.75) is 38.3 Å². The van der Waals surface area contributed by atoms with Crippen molar-refractivity contribution in [3.05, 3.63) is 46.7 Å². The van der Waals surface area contributed by atoms with Crippen LogP contribution in [-0.2, 0) is 16.0 Å². The van der Waals surface area contributed by atoms with Gasteiger partial charge < -0.3 is 20.1 Å². The molecule has 1 atom stereocenters. The Morgan fingerprint density at radius 2 is 1.96 bits per heavy atom. The molecule has 3 rings (SSSR count). The zero-order valence-corrected chi connectivity index (χ0v) is 16.1.